The summed E-state index contributed by atoms with van der Waals surface area (Å²) < 4.78 is 7.30. The summed E-state index contributed by atoms with van der Waals surface area (Å²) in [4.78, 5) is 9.51. The Bertz CT molecular complexity index is 1030. The van der Waals surface area contributed by atoms with Crippen LogP contribution in [0.4, 0.5) is 0 Å². The molecular formula is C28H38ClN5O. The van der Waals surface area contributed by atoms with Gasteiger partial charge in [-0.2, -0.15) is 5.10 Å². The zero-order chi connectivity index (χ0) is 24.6. The maximum absolute atomic E-state index is 6.52. The van der Waals surface area contributed by atoms with E-state index in [0.29, 0.717) is 12.0 Å². The van der Waals surface area contributed by atoms with Gasteiger partial charge in [0, 0.05) is 57.8 Å². The van der Waals surface area contributed by atoms with Crippen molar-refractivity contribution in [2.45, 2.75) is 45.3 Å². The molecule has 0 spiro atoms. The van der Waals surface area contributed by atoms with E-state index >= 15 is 0 Å². The molecule has 1 aromatic carbocycles. The van der Waals surface area contributed by atoms with Crippen molar-refractivity contribution >= 4 is 11.6 Å². The molecule has 0 radical (unpaired) electrons. The fourth-order valence-corrected chi connectivity index (χ4v) is 5.55. The summed E-state index contributed by atoms with van der Waals surface area (Å²) in [5.41, 5.74) is 4.84. The summed E-state index contributed by atoms with van der Waals surface area (Å²) >= 11 is 6.52. The number of piperidine rings is 1. The molecule has 3 heterocycles. The molecule has 0 amide bonds. The predicted molar refractivity (Wildman–Crippen MR) is 141 cm³/mol. The molecule has 0 unspecified atom stereocenters. The van der Waals surface area contributed by atoms with Gasteiger partial charge in [0.15, 0.2) is 0 Å². The van der Waals surface area contributed by atoms with Gasteiger partial charge in [0.1, 0.15) is 5.15 Å². The summed E-state index contributed by atoms with van der Waals surface area (Å²) in [5, 5.41) is 5.25. The van der Waals surface area contributed by atoms with E-state index in [1.165, 1.54) is 24.0 Å². The van der Waals surface area contributed by atoms with E-state index in [1.807, 2.05) is 25.5 Å². The summed E-state index contributed by atoms with van der Waals surface area (Å²) in [5.74, 6) is 0.616. The number of aryl methyl sites for hydroxylation is 2. The van der Waals surface area contributed by atoms with E-state index in [9.17, 15) is 0 Å². The lowest BCUT2D eigenvalue weighted by Gasteiger charge is -2.41. The third-order valence-corrected chi connectivity index (χ3v) is 7.75. The number of pyridine rings is 1. The molecule has 3 aromatic rings. The quantitative estimate of drug-likeness (QED) is 0.384. The molecular weight excluding hydrogens is 458 g/mol. The predicted octanol–water partition coefficient (Wildman–Crippen LogP) is 4.75. The summed E-state index contributed by atoms with van der Waals surface area (Å²) in [6.07, 6.45) is 7.22. The number of ether oxygens (including phenoxy) is 1. The summed E-state index contributed by atoms with van der Waals surface area (Å²) in [7, 11) is 3.70. The lowest BCUT2D eigenvalue weighted by atomic mass is 9.84. The van der Waals surface area contributed by atoms with Gasteiger partial charge in [-0.1, -0.05) is 48.0 Å². The summed E-state index contributed by atoms with van der Waals surface area (Å²) in [6, 6.07) is 15.6. The Morgan fingerprint density at radius 2 is 1.86 bits per heavy atom. The maximum Gasteiger partial charge on any atom is 0.131 e. The normalized spacial score (nSPS) is 16.1. The number of likely N-dealkylation sites (tertiary alicyclic amines) is 1. The molecule has 0 N–H and O–H groups in total. The van der Waals surface area contributed by atoms with Gasteiger partial charge in [-0.05, 0) is 62.4 Å². The first kappa shape index (κ1) is 25.8. The standard InChI is InChI=1S/C28H38ClN5O/c1-22-26(28(29)32(2)31-22)21-33-14-11-25(12-15-33)27(18-23-8-5-4-6-9-23)34(16-17-35-3)20-24-10-7-13-30-19-24/h4-10,13,19,25,27H,11-12,14-18,20-21H2,1-3H3/t27-/m1/s1. The number of aromatic nitrogens is 3. The van der Waals surface area contributed by atoms with E-state index in [-0.39, 0.29) is 0 Å². The zero-order valence-electron chi connectivity index (χ0n) is 21.2. The van der Waals surface area contributed by atoms with Crippen LogP contribution in [0.2, 0.25) is 5.15 Å². The smallest absolute Gasteiger partial charge is 0.131 e. The van der Waals surface area contributed by atoms with Crippen molar-refractivity contribution in [3.05, 3.63) is 82.4 Å². The van der Waals surface area contributed by atoms with Crippen LogP contribution in [-0.2, 0) is 31.3 Å². The lowest BCUT2D eigenvalue weighted by molar-refractivity contribution is 0.0570. The van der Waals surface area contributed by atoms with Crippen LogP contribution >= 0.6 is 11.6 Å². The third kappa shape index (κ3) is 6.91. The second kappa shape index (κ2) is 12.6. The van der Waals surface area contributed by atoms with Crippen LogP contribution in [0.3, 0.4) is 0 Å². The molecule has 6 nitrogen and oxygen atoms in total. The Balaban J connectivity index is 1.49. The second-order valence-electron chi connectivity index (χ2n) is 9.67. The number of halogens is 1. The van der Waals surface area contributed by atoms with Gasteiger partial charge in [0.25, 0.3) is 0 Å². The highest BCUT2D eigenvalue weighted by molar-refractivity contribution is 6.30. The maximum atomic E-state index is 6.52. The van der Waals surface area contributed by atoms with Crippen LogP contribution in [0.15, 0.2) is 54.9 Å². The highest BCUT2D eigenvalue weighted by Gasteiger charge is 2.31. The molecule has 0 bridgehead atoms. The van der Waals surface area contributed by atoms with E-state index in [2.05, 4.69) is 63.2 Å². The Morgan fingerprint density at radius 3 is 2.49 bits per heavy atom. The van der Waals surface area contributed by atoms with Crippen LogP contribution in [-0.4, -0.2) is 64.0 Å². The molecule has 1 aliphatic rings. The molecule has 4 rings (SSSR count). The van der Waals surface area contributed by atoms with E-state index in [4.69, 9.17) is 16.3 Å². The molecule has 7 heteroatoms. The van der Waals surface area contributed by atoms with Crippen molar-refractivity contribution in [2.75, 3.05) is 33.4 Å². The molecule has 188 valence electrons. The average Bonchev–Trinajstić information content (AvgIpc) is 3.13. The first-order valence-corrected chi connectivity index (χ1v) is 13.0. The van der Waals surface area contributed by atoms with Crippen molar-refractivity contribution in [3.8, 4) is 0 Å². The minimum atomic E-state index is 0.443. The number of nitrogens with zero attached hydrogens (tertiary/aromatic N) is 5. The number of hydrogen-bond acceptors (Lipinski definition) is 5. The Morgan fingerprint density at radius 1 is 1.11 bits per heavy atom. The number of methoxy groups -OCH3 is 1. The first-order chi connectivity index (χ1) is 17.0. The van der Waals surface area contributed by atoms with E-state index < -0.39 is 0 Å². The SMILES string of the molecule is COCCN(Cc1cccnc1)[C@H](Cc1ccccc1)C1CCN(Cc2c(C)nn(C)c2Cl)CC1. The zero-order valence-corrected chi connectivity index (χ0v) is 22.0. The van der Waals surface area contributed by atoms with Crippen molar-refractivity contribution in [3.63, 3.8) is 0 Å². The highest BCUT2D eigenvalue weighted by Crippen LogP contribution is 2.30. The van der Waals surface area contributed by atoms with Crippen molar-refractivity contribution in [2.24, 2.45) is 13.0 Å². The van der Waals surface area contributed by atoms with Crippen LogP contribution in [0.25, 0.3) is 0 Å². The van der Waals surface area contributed by atoms with E-state index in [1.54, 1.807) is 11.8 Å². The van der Waals surface area contributed by atoms with Gasteiger partial charge in [-0.25, -0.2) is 0 Å². The number of benzene rings is 1. The monoisotopic (exact) mass is 495 g/mol. The van der Waals surface area contributed by atoms with Crippen LogP contribution in [0, 0.1) is 12.8 Å². The second-order valence-corrected chi connectivity index (χ2v) is 10.0. The van der Waals surface area contributed by atoms with Gasteiger partial charge in [-0.3, -0.25) is 19.5 Å². The Kier molecular flexibility index (Phi) is 9.32. The van der Waals surface area contributed by atoms with Crippen LogP contribution in [0.1, 0.15) is 35.2 Å². The number of rotatable bonds is 11. The molecule has 1 aliphatic heterocycles. The summed E-state index contributed by atoms with van der Waals surface area (Å²) in [6.45, 7) is 7.60. The van der Waals surface area contributed by atoms with Gasteiger partial charge in [0.05, 0.1) is 12.3 Å². The van der Waals surface area contributed by atoms with Crippen molar-refractivity contribution < 1.29 is 4.74 Å². The lowest BCUT2D eigenvalue weighted by Crippen LogP contribution is -2.47. The fraction of sp³-hybridized carbons (Fsp3) is 0.500. The molecule has 0 aliphatic carbocycles. The largest absolute Gasteiger partial charge is 0.383 e. The van der Waals surface area contributed by atoms with Crippen LogP contribution < -0.4 is 0 Å². The number of hydrogen-bond donors (Lipinski definition) is 0. The van der Waals surface area contributed by atoms with Crippen molar-refractivity contribution in [1.82, 2.24) is 24.6 Å². The average molecular weight is 496 g/mol. The van der Waals surface area contributed by atoms with Gasteiger partial charge in [0.2, 0.25) is 0 Å². The highest BCUT2D eigenvalue weighted by atomic mass is 35.5. The Labute approximate surface area is 214 Å². The Hall–Kier alpha value is -2.25. The van der Waals surface area contributed by atoms with E-state index in [0.717, 1.165) is 62.2 Å². The molecule has 1 atom stereocenters. The van der Waals surface area contributed by atoms with Crippen molar-refractivity contribution in [1.29, 1.82) is 0 Å². The topological polar surface area (TPSA) is 46.4 Å². The first-order valence-electron chi connectivity index (χ1n) is 12.6. The minimum absolute atomic E-state index is 0.443. The molecule has 0 saturated carbocycles. The molecule has 1 saturated heterocycles. The third-order valence-electron chi connectivity index (χ3n) is 7.28. The van der Waals surface area contributed by atoms with Gasteiger partial charge in [-0.15, -0.1) is 0 Å². The van der Waals surface area contributed by atoms with Gasteiger partial charge < -0.3 is 4.74 Å². The van der Waals surface area contributed by atoms with Crippen LogP contribution in [0.5, 0.6) is 0 Å². The molecule has 2 aromatic heterocycles. The molecule has 35 heavy (non-hydrogen) atoms. The van der Waals surface area contributed by atoms with Gasteiger partial charge >= 0.3 is 0 Å². The fourth-order valence-electron chi connectivity index (χ4n) is 5.32. The molecule has 1 fully saturated rings. The minimum Gasteiger partial charge on any atom is -0.383 e.